The van der Waals surface area contributed by atoms with Crippen molar-refractivity contribution >= 4 is 23.3 Å². The van der Waals surface area contributed by atoms with E-state index in [1.54, 1.807) is 13.8 Å². The van der Waals surface area contributed by atoms with Gasteiger partial charge in [-0.3, -0.25) is 14.5 Å². The number of amides is 1. The number of hydrogen-bond acceptors (Lipinski definition) is 6. The summed E-state index contributed by atoms with van der Waals surface area (Å²) in [5.41, 5.74) is 0. The van der Waals surface area contributed by atoms with Crippen LogP contribution in [-0.2, 0) is 9.59 Å². The standard InChI is InChI=1S/C13H15N3O5/c1-4-9-13(18)15(7(2)8(3)17)12-10(21-9)5-6-11(14-12)16(19)20/h5-7,9H,4H2,1-3H3. The molecule has 0 spiro atoms. The van der Waals surface area contributed by atoms with Crippen molar-refractivity contribution in [1.82, 2.24) is 4.98 Å². The third-order valence-corrected chi connectivity index (χ3v) is 3.37. The van der Waals surface area contributed by atoms with Gasteiger partial charge in [0.2, 0.25) is 0 Å². The fraction of sp³-hybridized carbons (Fsp3) is 0.462. The van der Waals surface area contributed by atoms with Crippen molar-refractivity contribution in [3.63, 3.8) is 0 Å². The van der Waals surface area contributed by atoms with Crippen molar-refractivity contribution in [3.05, 3.63) is 22.2 Å². The molecule has 0 saturated heterocycles. The highest BCUT2D eigenvalue weighted by Gasteiger charge is 2.41. The molecule has 1 aliphatic rings. The Morgan fingerprint density at radius 1 is 1.57 bits per heavy atom. The quantitative estimate of drug-likeness (QED) is 0.615. The van der Waals surface area contributed by atoms with Gasteiger partial charge >= 0.3 is 5.82 Å². The highest BCUT2D eigenvalue weighted by Crippen LogP contribution is 2.35. The van der Waals surface area contributed by atoms with E-state index in [1.807, 2.05) is 0 Å². The van der Waals surface area contributed by atoms with Crippen molar-refractivity contribution in [2.75, 3.05) is 4.90 Å². The average Bonchev–Trinajstić information content (AvgIpc) is 2.45. The molecule has 0 bridgehead atoms. The van der Waals surface area contributed by atoms with Crippen molar-refractivity contribution < 1.29 is 19.2 Å². The topological polar surface area (TPSA) is 103 Å². The Morgan fingerprint density at radius 3 is 2.76 bits per heavy atom. The summed E-state index contributed by atoms with van der Waals surface area (Å²) in [4.78, 5) is 39.2. The number of carbonyl (C=O) groups is 2. The Bertz CT molecular complexity index is 616. The minimum Gasteiger partial charge on any atom is -0.474 e. The van der Waals surface area contributed by atoms with Gasteiger partial charge in [0.05, 0.1) is 6.04 Å². The molecule has 0 saturated carbocycles. The number of aromatic nitrogens is 1. The molecule has 1 aromatic rings. The SMILES string of the molecule is CCC1Oc2ccc([N+](=O)[O-])nc2N(C(C)C(C)=O)C1=O. The minimum absolute atomic E-state index is 0.0154. The zero-order chi connectivity index (χ0) is 15.7. The Hall–Kier alpha value is -2.51. The number of fused-ring (bicyclic) bond motifs is 1. The van der Waals surface area contributed by atoms with Crippen molar-refractivity contribution in [3.8, 4) is 5.75 Å². The molecule has 2 unspecified atom stereocenters. The predicted molar refractivity (Wildman–Crippen MR) is 73.2 cm³/mol. The van der Waals surface area contributed by atoms with Crippen LogP contribution in [0.25, 0.3) is 0 Å². The van der Waals surface area contributed by atoms with Crippen molar-refractivity contribution in [2.45, 2.75) is 39.3 Å². The molecule has 2 heterocycles. The van der Waals surface area contributed by atoms with Gasteiger partial charge in [0.15, 0.2) is 17.6 Å². The summed E-state index contributed by atoms with van der Waals surface area (Å²) in [7, 11) is 0. The van der Waals surface area contributed by atoms with E-state index in [2.05, 4.69) is 4.98 Å². The molecular formula is C13H15N3O5. The molecule has 112 valence electrons. The van der Waals surface area contributed by atoms with Gasteiger partial charge in [-0.1, -0.05) is 6.92 Å². The first-order valence-corrected chi connectivity index (χ1v) is 6.52. The fourth-order valence-electron chi connectivity index (χ4n) is 2.07. The summed E-state index contributed by atoms with van der Waals surface area (Å²) in [5, 5.41) is 10.8. The van der Waals surface area contributed by atoms with Crippen LogP contribution in [0.3, 0.4) is 0 Å². The van der Waals surface area contributed by atoms with E-state index < -0.39 is 28.8 Å². The van der Waals surface area contributed by atoms with Gasteiger partial charge in [-0.25, -0.2) is 0 Å². The Balaban J connectivity index is 2.57. The molecule has 0 N–H and O–H groups in total. The molecule has 1 aromatic heterocycles. The third kappa shape index (κ3) is 2.56. The lowest BCUT2D eigenvalue weighted by molar-refractivity contribution is -0.389. The summed E-state index contributed by atoms with van der Waals surface area (Å²) in [6.45, 7) is 4.69. The molecule has 8 nitrogen and oxygen atoms in total. The number of nitro groups is 1. The van der Waals surface area contributed by atoms with Crippen LogP contribution in [0.1, 0.15) is 27.2 Å². The second-order valence-corrected chi connectivity index (χ2v) is 4.76. The summed E-state index contributed by atoms with van der Waals surface area (Å²) >= 11 is 0. The van der Waals surface area contributed by atoms with Gasteiger partial charge in [0.25, 0.3) is 11.7 Å². The summed E-state index contributed by atoms with van der Waals surface area (Å²) in [6, 6.07) is 1.84. The first-order chi connectivity index (χ1) is 9.86. The smallest absolute Gasteiger partial charge is 0.366 e. The van der Waals surface area contributed by atoms with Gasteiger partial charge in [-0.2, -0.15) is 0 Å². The molecule has 0 fully saturated rings. The largest absolute Gasteiger partial charge is 0.474 e. The first kappa shape index (κ1) is 14.9. The summed E-state index contributed by atoms with van der Waals surface area (Å²) in [5.74, 6) is -0.775. The van der Waals surface area contributed by atoms with Crippen molar-refractivity contribution in [1.29, 1.82) is 0 Å². The van der Waals surface area contributed by atoms with E-state index in [0.29, 0.717) is 6.42 Å². The maximum absolute atomic E-state index is 12.4. The molecule has 1 amide bonds. The molecule has 1 aliphatic heterocycles. The lowest BCUT2D eigenvalue weighted by Gasteiger charge is -2.33. The van der Waals surface area contributed by atoms with Gasteiger partial charge in [-0.15, -0.1) is 0 Å². The number of rotatable bonds is 4. The van der Waals surface area contributed by atoms with Crippen LogP contribution >= 0.6 is 0 Å². The molecule has 0 radical (unpaired) electrons. The first-order valence-electron chi connectivity index (χ1n) is 6.52. The minimum atomic E-state index is -0.760. The van der Waals surface area contributed by atoms with Crippen LogP contribution in [0, 0.1) is 10.1 Å². The van der Waals surface area contributed by atoms with Crippen LogP contribution in [0.4, 0.5) is 11.6 Å². The second-order valence-electron chi connectivity index (χ2n) is 4.76. The third-order valence-electron chi connectivity index (χ3n) is 3.37. The van der Waals surface area contributed by atoms with E-state index in [1.165, 1.54) is 24.0 Å². The Kier molecular flexibility index (Phi) is 3.88. The number of pyridine rings is 1. The predicted octanol–water partition coefficient (Wildman–Crippen LogP) is 1.47. The lowest BCUT2D eigenvalue weighted by atomic mass is 10.1. The molecule has 2 atom stereocenters. The van der Waals surface area contributed by atoms with Crippen LogP contribution in [-0.4, -0.2) is 33.7 Å². The van der Waals surface area contributed by atoms with Crippen LogP contribution < -0.4 is 9.64 Å². The lowest BCUT2D eigenvalue weighted by Crippen LogP contribution is -2.52. The normalized spacial score (nSPS) is 18.7. The maximum atomic E-state index is 12.4. The number of carbonyl (C=O) groups excluding carboxylic acids is 2. The molecular weight excluding hydrogens is 278 g/mol. The van der Waals surface area contributed by atoms with Crippen LogP contribution in [0.5, 0.6) is 5.75 Å². The highest BCUT2D eigenvalue weighted by atomic mass is 16.6. The number of hydrogen-bond donors (Lipinski definition) is 0. The van der Waals surface area contributed by atoms with Gasteiger partial charge in [0, 0.05) is 6.07 Å². The van der Waals surface area contributed by atoms with Gasteiger partial charge < -0.3 is 14.9 Å². The van der Waals surface area contributed by atoms with Crippen LogP contribution in [0.15, 0.2) is 12.1 Å². The van der Waals surface area contributed by atoms with E-state index in [0.717, 1.165) is 0 Å². The summed E-state index contributed by atoms with van der Waals surface area (Å²) < 4.78 is 5.50. The molecule has 21 heavy (non-hydrogen) atoms. The molecule has 0 aromatic carbocycles. The number of anilines is 1. The maximum Gasteiger partial charge on any atom is 0.366 e. The van der Waals surface area contributed by atoms with Gasteiger partial charge in [0.1, 0.15) is 0 Å². The average molecular weight is 293 g/mol. The van der Waals surface area contributed by atoms with Gasteiger partial charge in [-0.05, 0) is 36.2 Å². The second kappa shape index (κ2) is 5.47. The molecule has 2 rings (SSSR count). The zero-order valence-corrected chi connectivity index (χ0v) is 11.9. The summed E-state index contributed by atoms with van der Waals surface area (Å²) in [6.07, 6.45) is -0.293. The van der Waals surface area contributed by atoms with E-state index in [9.17, 15) is 19.7 Å². The fourth-order valence-corrected chi connectivity index (χ4v) is 2.07. The number of ether oxygens (including phenoxy) is 1. The molecule has 0 aliphatic carbocycles. The van der Waals surface area contributed by atoms with Crippen LogP contribution in [0.2, 0.25) is 0 Å². The number of nitrogens with zero attached hydrogens (tertiary/aromatic N) is 3. The Labute approximate surface area is 120 Å². The van der Waals surface area contributed by atoms with E-state index in [-0.39, 0.29) is 17.4 Å². The number of ketones is 1. The molecule has 8 heteroatoms. The zero-order valence-electron chi connectivity index (χ0n) is 11.9. The monoisotopic (exact) mass is 293 g/mol. The highest BCUT2D eigenvalue weighted by molar-refractivity contribution is 6.04. The Morgan fingerprint density at radius 2 is 2.24 bits per heavy atom. The van der Waals surface area contributed by atoms with Crippen molar-refractivity contribution in [2.24, 2.45) is 0 Å². The number of Topliss-reactive ketones (excluding diaryl/α,β-unsaturated/α-hetero) is 1. The van der Waals surface area contributed by atoms with E-state index in [4.69, 9.17) is 4.74 Å². The van der Waals surface area contributed by atoms with E-state index >= 15 is 0 Å².